The van der Waals surface area contributed by atoms with Gasteiger partial charge in [0.1, 0.15) is 5.82 Å². The van der Waals surface area contributed by atoms with Crippen LogP contribution in [0, 0.1) is 5.82 Å². The number of hydrogen-bond donors (Lipinski definition) is 2. The van der Waals surface area contributed by atoms with E-state index < -0.39 is 11.8 Å². The lowest BCUT2D eigenvalue weighted by Crippen LogP contribution is -1.97. The molecule has 0 atom stereocenters. The van der Waals surface area contributed by atoms with Gasteiger partial charge in [-0.25, -0.2) is 9.18 Å². The Kier molecular flexibility index (Phi) is 4.00. The van der Waals surface area contributed by atoms with Crippen molar-refractivity contribution >= 4 is 12.0 Å². The van der Waals surface area contributed by atoms with Crippen LogP contribution in [0.25, 0.3) is 6.08 Å². The maximum absolute atomic E-state index is 13.2. The summed E-state index contributed by atoms with van der Waals surface area (Å²) in [5.41, 5.74) is 0.253. The van der Waals surface area contributed by atoms with Gasteiger partial charge in [-0.3, -0.25) is 0 Å². The van der Waals surface area contributed by atoms with Gasteiger partial charge >= 0.3 is 5.97 Å². The molecule has 0 bridgehead atoms. The summed E-state index contributed by atoms with van der Waals surface area (Å²) in [6, 6.07) is 3.58. The highest BCUT2D eigenvalue weighted by Crippen LogP contribution is 2.12. The quantitative estimate of drug-likeness (QED) is 0.798. The SMILES string of the molecule is O=C(O)c1ccc(F)c(C=CCCO)c1. The molecule has 0 aliphatic carbocycles. The maximum atomic E-state index is 13.2. The highest BCUT2D eigenvalue weighted by atomic mass is 19.1. The Balaban J connectivity index is 2.95. The number of aliphatic hydroxyl groups excluding tert-OH is 1. The highest BCUT2D eigenvalue weighted by molar-refractivity contribution is 5.88. The molecular weight excluding hydrogens is 199 g/mol. The van der Waals surface area contributed by atoms with Gasteiger partial charge < -0.3 is 10.2 Å². The van der Waals surface area contributed by atoms with E-state index in [0.717, 1.165) is 6.07 Å². The van der Waals surface area contributed by atoms with Crippen LogP contribution < -0.4 is 0 Å². The van der Waals surface area contributed by atoms with E-state index in [1.807, 2.05) is 0 Å². The van der Waals surface area contributed by atoms with Gasteiger partial charge in [-0.1, -0.05) is 12.2 Å². The Hall–Kier alpha value is -1.68. The van der Waals surface area contributed by atoms with E-state index >= 15 is 0 Å². The number of halogens is 1. The van der Waals surface area contributed by atoms with E-state index in [9.17, 15) is 9.18 Å². The second-order valence-corrected chi connectivity index (χ2v) is 2.96. The van der Waals surface area contributed by atoms with Crippen molar-refractivity contribution in [3.05, 3.63) is 41.2 Å². The molecule has 2 N–H and O–H groups in total. The zero-order chi connectivity index (χ0) is 11.3. The van der Waals surface area contributed by atoms with E-state index in [2.05, 4.69) is 0 Å². The van der Waals surface area contributed by atoms with E-state index in [-0.39, 0.29) is 17.7 Å². The molecule has 3 nitrogen and oxygen atoms in total. The molecule has 0 heterocycles. The number of hydrogen-bond acceptors (Lipinski definition) is 2. The van der Waals surface area contributed by atoms with Crippen LogP contribution in [0.2, 0.25) is 0 Å². The van der Waals surface area contributed by atoms with Gasteiger partial charge in [0.25, 0.3) is 0 Å². The fourth-order valence-corrected chi connectivity index (χ4v) is 1.09. The van der Waals surface area contributed by atoms with Gasteiger partial charge in [0.15, 0.2) is 0 Å². The van der Waals surface area contributed by atoms with Gasteiger partial charge in [-0.05, 0) is 24.6 Å². The van der Waals surface area contributed by atoms with Gasteiger partial charge in [-0.2, -0.15) is 0 Å². The van der Waals surface area contributed by atoms with Crippen LogP contribution in [0.1, 0.15) is 22.3 Å². The summed E-state index contributed by atoms with van der Waals surface area (Å²) in [7, 11) is 0. The Bertz CT molecular complexity index is 385. The van der Waals surface area contributed by atoms with Crippen LogP contribution >= 0.6 is 0 Å². The van der Waals surface area contributed by atoms with Gasteiger partial charge in [-0.15, -0.1) is 0 Å². The van der Waals surface area contributed by atoms with Gasteiger partial charge in [0.2, 0.25) is 0 Å². The molecule has 0 saturated heterocycles. The minimum Gasteiger partial charge on any atom is -0.478 e. The van der Waals surface area contributed by atoms with Crippen molar-refractivity contribution in [1.29, 1.82) is 0 Å². The van der Waals surface area contributed by atoms with Crippen LogP contribution in [0.15, 0.2) is 24.3 Å². The van der Waals surface area contributed by atoms with Crippen molar-refractivity contribution in [2.24, 2.45) is 0 Å². The van der Waals surface area contributed by atoms with Crippen LogP contribution in [0.4, 0.5) is 4.39 Å². The van der Waals surface area contributed by atoms with E-state index in [0.29, 0.717) is 6.42 Å². The molecule has 15 heavy (non-hydrogen) atoms. The molecule has 0 aromatic heterocycles. The molecule has 0 radical (unpaired) electrons. The lowest BCUT2D eigenvalue weighted by atomic mass is 10.1. The first-order valence-corrected chi connectivity index (χ1v) is 4.45. The van der Waals surface area contributed by atoms with Crippen molar-refractivity contribution in [2.45, 2.75) is 6.42 Å². The Morgan fingerprint density at radius 2 is 2.20 bits per heavy atom. The zero-order valence-corrected chi connectivity index (χ0v) is 7.98. The molecule has 1 aromatic carbocycles. The Morgan fingerprint density at radius 1 is 1.47 bits per heavy atom. The lowest BCUT2D eigenvalue weighted by Gasteiger charge is -1.99. The normalized spacial score (nSPS) is 10.8. The number of carboxylic acid groups (broad SMARTS) is 1. The lowest BCUT2D eigenvalue weighted by molar-refractivity contribution is 0.0697. The second-order valence-electron chi connectivity index (χ2n) is 2.96. The number of benzene rings is 1. The molecule has 4 heteroatoms. The first-order valence-electron chi connectivity index (χ1n) is 4.45. The summed E-state index contributed by atoms with van der Waals surface area (Å²) in [5.74, 6) is -1.57. The standard InChI is InChI=1S/C11H11FO3/c12-10-5-4-9(11(14)15)7-8(10)3-1-2-6-13/h1,3-5,7,13H,2,6H2,(H,14,15). The molecule has 0 saturated carbocycles. The number of aromatic carboxylic acids is 1. The Morgan fingerprint density at radius 3 is 2.80 bits per heavy atom. The third-order valence-electron chi connectivity index (χ3n) is 1.84. The molecule has 0 aliphatic rings. The fourth-order valence-electron chi connectivity index (χ4n) is 1.09. The predicted molar refractivity (Wildman–Crippen MR) is 54.1 cm³/mol. The molecule has 0 amide bonds. The number of carbonyl (C=O) groups is 1. The molecule has 80 valence electrons. The summed E-state index contributed by atoms with van der Waals surface area (Å²) >= 11 is 0. The molecule has 1 rings (SSSR count). The average Bonchev–Trinajstić information content (AvgIpc) is 2.20. The summed E-state index contributed by atoms with van der Waals surface area (Å²) in [6.45, 7) is -0.0171. The molecule has 1 aromatic rings. The Labute approximate surface area is 86.5 Å². The third-order valence-corrected chi connectivity index (χ3v) is 1.84. The summed E-state index contributed by atoms with van der Waals surface area (Å²) in [5, 5.41) is 17.2. The monoisotopic (exact) mass is 210 g/mol. The van der Waals surface area contributed by atoms with Crippen molar-refractivity contribution in [3.8, 4) is 0 Å². The number of rotatable bonds is 4. The topological polar surface area (TPSA) is 57.5 Å². The minimum atomic E-state index is -1.09. The predicted octanol–water partition coefficient (Wildman–Crippen LogP) is 1.92. The summed E-state index contributed by atoms with van der Waals surface area (Å²) in [4.78, 5) is 10.6. The first-order chi connectivity index (χ1) is 7.15. The third kappa shape index (κ3) is 3.18. The second kappa shape index (κ2) is 5.26. The van der Waals surface area contributed by atoms with Crippen LogP contribution in [-0.4, -0.2) is 22.8 Å². The minimum absolute atomic E-state index is 0.0171. The average molecular weight is 210 g/mol. The van der Waals surface area contributed by atoms with Crippen molar-refractivity contribution in [3.63, 3.8) is 0 Å². The molecule has 0 aliphatic heterocycles. The van der Waals surface area contributed by atoms with E-state index in [1.165, 1.54) is 18.2 Å². The smallest absolute Gasteiger partial charge is 0.335 e. The molecule has 0 fully saturated rings. The van der Waals surface area contributed by atoms with Gasteiger partial charge in [0, 0.05) is 12.2 Å². The largest absolute Gasteiger partial charge is 0.478 e. The van der Waals surface area contributed by atoms with Crippen LogP contribution in [0.3, 0.4) is 0 Å². The van der Waals surface area contributed by atoms with Gasteiger partial charge in [0.05, 0.1) is 5.56 Å². The van der Waals surface area contributed by atoms with Crippen molar-refractivity contribution in [1.82, 2.24) is 0 Å². The summed E-state index contributed by atoms with van der Waals surface area (Å²) in [6.07, 6.45) is 3.46. The maximum Gasteiger partial charge on any atom is 0.335 e. The van der Waals surface area contributed by atoms with Crippen LogP contribution in [-0.2, 0) is 0 Å². The number of aliphatic hydroxyl groups is 1. The fraction of sp³-hybridized carbons (Fsp3) is 0.182. The number of carboxylic acids is 1. The first kappa shape index (κ1) is 11.4. The zero-order valence-electron chi connectivity index (χ0n) is 7.98. The van der Waals surface area contributed by atoms with E-state index in [4.69, 9.17) is 10.2 Å². The molecular formula is C11H11FO3. The van der Waals surface area contributed by atoms with Crippen LogP contribution in [0.5, 0.6) is 0 Å². The molecule has 0 unspecified atom stereocenters. The highest BCUT2D eigenvalue weighted by Gasteiger charge is 2.05. The van der Waals surface area contributed by atoms with E-state index in [1.54, 1.807) is 6.08 Å². The van der Waals surface area contributed by atoms with Crippen molar-refractivity contribution < 1.29 is 19.4 Å². The molecule has 0 spiro atoms. The summed E-state index contributed by atoms with van der Waals surface area (Å²) < 4.78 is 13.2. The van der Waals surface area contributed by atoms with Crippen molar-refractivity contribution in [2.75, 3.05) is 6.61 Å².